The Balaban J connectivity index is 2.20. The van der Waals surface area contributed by atoms with Gasteiger partial charge >= 0.3 is 0 Å². The van der Waals surface area contributed by atoms with Crippen LogP contribution < -0.4 is 10.1 Å². The minimum Gasteiger partial charge on any atom is -0.497 e. The van der Waals surface area contributed by atoms with Gasteiger partial charge in [-0.1, -0.05) is 6.07 Å². The van der Waals surface area contributed by atoms with Gasteiger partial charge < -0.3 is 15.0 Å². The van der Waals surface area contributed by atoms with E-state index in [9.17, 15) is 14.0 Å². The summed E-state index contributed by atoms with van der Waals surface area (Å²) < 4.78 is 18.7. The highest BCUT2D eigenvalue weighted by Crippen LogP contribution is 2.19. The summed E-state index contributed by atoms with van der Waals surface area (Å²) in [6.07, 6.45) is 0. The predicted molar refractivity (Wildman–Crippen MR) is 66.0 cm³/mol. The molecule has 2 rings (SSSR count). The third-order valence-corrected chi connectivity index (χ3v) is 3.18. The van der Waals surface area contributed by atoms with Crippen LogP contribution in [-0.2, 0) is 16.1 Å². The summed E-state index contributed by atoms with van der Waals surface area (Å²) in [6, 6.07) is 3.84. The van der Waals surface area contributed by atoms with Crippen molar-refractivity contribution in [2.75, 3.05) is 13.7 Å². The Morgan fingerprint density at radius 1 is 1.47 bits per heavy atom. The van der Waals surface area contributed by atoms with E-state index in [-0.39, 0.29) is 24.9 Å². The lowest BCUT2D eigenvalue weighted by Gasteiger charge is -2.32. The second-order valence-electron chi connectivity index (χ2n) is 4.37. The molecule has 0 bridgehead atoms. The van der Waals surface area contributed by atoms with E-state index in [0.29, 0.717) is 11.3 Å². The molecule has 1 saturated heterocycles. The van der Waals surface area contributed by atoms with E-state index in [4.69, 9.17) is 4.74 Å². The zero-order valence-corrected chi connectivity index (χ0v) is 10.8. The number of hydrogen-bond donors (Lipinski definition) is 1. The first kappa shape index (κ1) is 13.3. The Morgan fingerprint density at radius 2 is 2.21 bits per heavy atom. The van der Waals surface area contributed by atoms with Crippen molar-refractivity contribution in [2.24, 2.45) is 0 Å². The van der Waals surface area contributed by atoms with Crippen molar-refractivity contribution >= 4 is 11.8 Å². The number of carbonyl (C=O) groups excluding carboxylic acids is 2. The molecule has 19 heavy (non-hydrogen) atoms. The minimum atomic E-state index is -0.595. The molecule has 1 atom stereocenters. The molecule has 0 spiro atoms. The van der Waals surface area contributed by atoms with Gasteiger partial charge in [0.2, 0.25) is 11.8 Å². The molecule has 5 nitrogen and oxygen atoms in total. The van der Waals surface area contributed by atoms with Gasteiger partial charge in [0.1, 0.15) is 17.6 Å². The molecule has 1 N–H and O–H groups in total. The van der Waals surface area contributed by atoms with Gasteiger partial charge in [-0.2, -0.15) is 0 Å². The number of hydrogen-bond acceptors (Lipinski definition) is 3. The first-order valence-corrected chi connectivity index (χ1v) is 5.92. The van der Waals surface area contributed by atoms with Gasteiger partial charge in [0.05, 0.1) is 13.7 Å². The number of ether oxygens (including phenoxy) is 1. The summed E-state index contributed by atoms with van der Waals surface area (Å²) in [5, 5.41) is 2.49. The summed E-state index contributed by atoms with van der Waals surface area (Å²) >= 11 is 0. The number of piperazine rings is 1. The lowest BCUT2D eigenvalue weighted by atomic mass is 10.1. The Hall–Kier alpha value is -2.11. The molecule has 6 heteroatoms. The van der Waals surface area contributed by atoms with Crippen LogP contribution in [-0.4, -0.2) is 36.4 Å². The predicted octanol–water partition coefficient (Wildman–Crippen LogP) is 0.681. The average molecular weight is 266 g/mol. The van der Waals surface area contributed by atoms with Crippen molar-refractivity contribution in [1.82, 2.24) is 10.2 Å². The second-order valence-corrected chi connectivity index (χ2v) is 4.37. The largest absolute Gasteiger partial charge is 0.497 e. The summed E-state index contributed by atoms with van der Waals surface area (Å²) in [5.74, 6) is -0.488. The molecule has 0 radical (unpaired) electrons. The maximum atomic E-state index is 13.8. The van der Waals surface area contributed by atoms with E-state index in [2.05, 4.69) is 5.32 Å². The Kier molecular flexibility index (Phi) is 3.69. The smallest absolute Gasteiger partial charge is 0.242 e. The van der Waals surface area contributed by atoms with Crippen molar-refractivity contribution < 1.29 is 18.7 Å². The fourth-order valence-electron chi connectivity index (χ4n) is 1.96. The van der Waals surface area contributed by atoms with Gasteiger partial charge in [-0.05, 0) is 13.0 Å². The molecule has 0 aromatic heterocycles. The molecule has 0 saturated carbocycles. The zero-order valence-electron chi connectivity index (χ0n) is 10.8. The molecule has 1 unspecified atom stereocenters. The minimum absolute atomic E-state index is 0.0407. The SMILES string of the molecule is COc1ccc(CN2C(=O)CNC(=O)C2C)c(F)c1. The Morgan fingerprint density at radius 3 is 2.84 bits per heavy atom. The number of halogens is 1. The van der Waals surface area contributed by atoms with E-state index >= 15 is 0 Å². The number of rotatable bonds is 3. The highest BCUT2D eigenvalue weighted by Gasteiger charge is 2.31. The van der Waals surface area contributed by atoms with Gasteiger partial charge in [-0.15, -0.1) is 0 Å². The van der Waals surface area contributed by atoms with Crippen molar-refractivity contribution in [3.63, 3.8) is 0 Å². The molecular weight excluding hydrogens is 251 g/mol. The van der Waals surface area contributed by atoms with Crippen LogP contribution >= 0.6 is 0 Å². The molecule has 1 fully saturated rings. The zero-order chi connectivity index (χ0) is 14.0. The summed E-state index contributed by atoms with van der Waals surface area (Å²) in [6.45, 7) is 1.65. The summed E-state index contributed by atoms with van der Waals surface area (Å²) in [7, 11) is 1.45. The normalized spacial score (nSPS) is 19.3. The number of nitrogens with one attached hydrogen (secondary N) is 1. The van der Waals surface area contributed by atoms with Crippen LogP contribution in [0.25, 0.3) is 0 Å². The molecule has 102 valence electrons. The van der Waals surface area contributed by atoms with Crippen LogP contribution in [0.3, 0.4) is 0 Å². The highest BCUT2D eigenvalue weighted by atomic mass is 19.1. The molecule has 2 amide bonds. The number of amides is 2. The summed E-state index contributed by atoms with van der Waals surface area (Å²) in [5.41, 5.74) is 0.357. The fraction of sp³-hybridized carbons (Fsp3) is 0.385. The highest BCUT2D eigenvalue weighted by molar-refractivity contribution is 5.94. The summed E-state index contributed by atoms with van der Waals surface area (Å²) in [4.78, 5) is 24.6. The molecule has 0 aliphatic carbocycles. The molecule has 1 aromatic carbocycles. The number of benzene rings is 1. The standard InChI is InChI=1S/C13H15FN2O3/c1-8-13(18)15-6-12(17)16(8)7-9-3-4-10(19-2)5-11(9)14/h3-5,8H,6-7H2,1-2H3,(H,15,18). The number of nitrogens with zero attached hydrogens (tertiary/aromatic N) is 1. The topological polar surface area (TPSA) is 58.6 Å². The first-order valence-electron chi connectivity index (χ1n) is 5.92. The first-order chi connectivity index (χ1) is 9.02. The quantitative estimate of drug-likeness (QED) is 0.875. The molecular formula is C13H15FN2O3. The van der Waals surface area contributed by atoms with Crippen molar-refractivity contribution in [3.8, 4) is 5.75 Å². The van der Waals surface area contributed by atoms with Crippen LogP contribution in [0.1, 0.15) is 12.5 Å². The lowest BCUT2D eigenvalue weighted by Crippen LogP contribution is -2.56. The van der Waals surface area contributed by atoms with E-state index in [1.165, 1.54) is 18.1 Å². The third kappa shape index (κ3) is 2.67. The number of carbonyl (C=O) groups is 2. The van der Waals surface area contributed by atoms with E-state index in [1.807, 2.05) is 0 Å². The molecule has 1 aliphatic rings. The van der Waals surface area contributed by atoms with E-state index < -0.39 is 11.9 Å². The molecule has 1 aromatic rings. The van der Waals surface area contributed by atoms with Crippen molar-refractivity contribution in [2.45, 2.75) is 19.5 Å². The maximum Gasteiger partial charge on any atom is 0.242 e. The van der Waals surface area contributed by atoms with Crippen LogP contribution in [0.4, 0.5) is 4.39 Å². The van der Waals surface area contributed by atoms with Gasteiger partial charge in [-0.3, -0.25) is 9.59 Å². The van der Waals surface area contributed by atoms with E-state index in [0.717, 1.165) is 0 Å². The van der Waals surface area contributed by atoms with Crippen LogP contribution in [0.5, 0.6) is 5.75 Å². The van der Waals surface area contributed by atoms with Crippen LogP contribution in [0.2, 0.25) is 0 Å². The van der Waals surface area contributed by atoms with Crippen molar-refractivity contribution in [3.05, 3.63) is 29.6 Å². The van der Waals surface area contributed by atoms with Gasteiger partial charge in [0.15, 0.2) is 0 Å². The second kappa shape index (κ2) is 5.26. The number of methoxy groups -OCH3 is 1. The van der Waals surface area contributed by atoms with Gasteiger partial charge in [0, 0.05) is 18.2 Å². The Bertz CT molecular complexity index is 519. The molecule has 1 heterocycles. The Labute approximate surface area is 110 Å². The maximum absolute atomic E-state index is 13.8. The molecule has 1 aliphatic heterocycles. The van der Waals surface area contributed by atoms with Crippen LogP contribution in [0, 0.1) is 5.82 Å². The monoisotopic (exact) mass is 266 g/mol. The third-order valence-electron chi connectivity index (χ3n) is 3.18. The van der Waals surface area contributed by atoms with Gasteiger partial charge in [-0.25, -0.2) is 4.39 Å². The van der Waals surface area contributed by atoms with Crippen LogP contribution in [0.15, 0.2) is 18.2 Å². The average Bonchev–Trinajstić information content (AvgIpc) is 2.40. The fourth-order valence-corrected chi connectivity index (χ4v) is 1.96. The van der Waals surface area contributed by atoms with E-state index in [1.54, 1.807) is 19.1 Å². The van der Waals surface area contributed by atoms with Gasteiger partial charge in [0.25, 0.3) is 0 Å². The lowest BCUT2D eigenvalue weighted by molar-refractivity contribution is -0.145. The van der Waals surface area contributed by atoms with Crippen molar-refractivity contribution in [1.29, 1.82) is 0 Å².